The number of non-ortho nitro benzene ring substituents is 1. The zero-order valence-corrected chi connectivity index (χ0v) is 17.0. The molecule has 4 rings (SSSR count). The number of carbonyl (C=O) groups excluding carboxylic acids is 1. The molecule has 0 atom stereocenters. The van der Waals surface area contributed by atoms with Crippen LogP contribution in [0.25, 0.3) is 22.1 Å². The lowest BCUT2D eigenvalue weighted by molar-refractivity contribution is -0.384. The standard InChI is InChI=1S/C22H14BrN3O4/c23-20-12-15(26(28)29)8-10-19(20)21-11-9-16(30-21)13-24-25-22(27)18-7-3-5-14-4-1-2-6-17(14)18/h1-13H,(H,25,27)/b24-13-. The molecular formula is C22H14BrN3O4. The molecule has 0 bridgehead atoms. The fraction of sp³-hybridized carbons (Fsp3) is 0. The summed E-state index contributed by atoms with van der Waals surface area (Å²) in [6.07, 6.45) is 1.39. The third kappa shape index (κ3) is 3.99. The molecule has 30 heavy (non-hydrogen) atoms. The smallest absolute Gasteiger partial charge is 0.271 e. The van der Waals surface area contributed by atoms with Crippen LogP contribution in [0.3, 0.4) is 0 Å². The topological polar surface area (TPSA) is 97.7 Å². The summed E-state index contributed by atoms with van der Waals surface area (Å²) in [5, 5.41) is 16.6. The lowest BCUT2D eigenvalue weighted by atomic mass is 10.0. The van der Waals surface area contributed by atoms with E-state index in [9.17, 15) is 14.9 Å². The van der Waals surface area contributed by atoms with Gasteiger partial charge < -0.3 is 4.42 Å². The Balaban J connectivity index is 1.49. The first kappa shape index (κ1) is 19.5. The number of hydrazone groups is 1. The van der Waals surface area contributed by atoms with Gasteiger partial charge in [-0.2, -0.15) is 5.10 Å². The van der Waals surface area contributed by atoms with E-state index in [1.165, 1.54) is 18.3 Å². The zero-order valence-electron chi connectivity index (χ0n) is 15.4. The van der Waals surface area contributed by atoms with Crippen molar-refractivity contribution in [3.05, 3.63) is 98.7 Å². The maximum absolute atomic E-state index is 12.5. The molecule has 148 valence electrons. The maximum Gasteiger partial charge on any atom is 0.271 e. The Morgan fingerprint density at radius 2 is 1.87 bits per heavy atom. The quantitative estimate of drug-likeness (QED) is 0.238. The Morgan fingerprint density at radius 3 is 2.67 bits per heavy atom. The molecule has 0 saturated heterocycles. The van der Waals surface area contributed by atoms with E-state index >= 15 is 0 Å². The van der Waals surface area contributed by atoms with Crippen LogP contribution in [0, 0.1) is 10.1 Å². The van der Waals surface area contributed by atoms with Gasteiger partial charge in [0.05, 0.1) is 11.1 Å². The summed E-state index contributed by atoms with van der Waals surface area (Å²) in [6, 6.07) is 21.0. The van der Waals surface area contributed by atoms with Crippen molar-refractivity contribution in [1.82, 2.24) is 5.43 Å². The first-order chi connectivity index (χ1) is 14.5. The van der Waals surface area contributed by atoms with E-state index in [2.05, 4.69) is 26.5 Å². The van der Waals surface area contributed by atoms with Gasteiger partial charge in [0, 0.05) is 27.7 Å². The highest BCUT2D eigenvalue weighted by Crippen LogP contribution is 2.32. The van der Waals surface area contributed by atoms with Crippen molar-refractivity contribution in [2.45, 2.75) is 0 Å². The fourth-order valence-corrected chi connectivity index (χ4v) is 3.58. The second-order valence-corrected chi connectivity index (χ2v) is 7.20. The Morgan fingerprint density at radius 1 is 1.07 bits per heavy atom. The van der Waals surface area contributed by atoms with Crippen LogP contribution in [0.2, 0.25) is 0 Å². The molecular weight excluding hydrogens is 450 g/mol. The van der Waals surface area contributed by atoms with E-state index in [1.807, 2.05) is 36.4 Å². The van der Waals surface area contributed by atoms with Crippen molar-refractivity contribution in [2.75, 3.05) is 0 Å². The van der Waals surface area contributed by atoms with Crippen LogP contribution in [0.1, 0.15) is 16.1 Å². The molecule has 0 aliphatic rings. The van der Waals surface area contributed by atoms with Gasteiger partial charge in [-0.1, -0.05) is 36.4 Å². The van der Waals surface area contributed by atoms with Gasteiger partial charge >= 0.3 is 0 Å². The number of hydrogen-bond acceptors (Lipinski definition) is 5. The van der Waals surface area contributed by atoms with Crippen LogP contribution in [-0.4, -0.2) is 17.0 Å². The number of benzene rings is 3. The average molecular weight is 464 g/mol. The van der Waals surface area contributed by atoms with Crippen LogP contribution < -0.4 is 5.43 Å². The summed E-state index contributed by atoms with van der Waals surface area (Å²) in [7, 11) is 0. The van der Waals surface area contributed by atoms with Gasteiger partial charge in [0.25, 0.3) is 11.6 Å². The van der Waals surface area contributed by atoms with Gasteiger partial charge in [-0.25, -0.2) is 5.43 Å². The summed E-state index contributed by atoms with van der Waals surface area (Å²) in [5.74, 6) is 0.611. The fourth-order valence-electron chi connectivity index (χ4n) is 3.02. The lowest BCUT2D eigenvalue weighted by Crippen LogP contribution is -2.17. The summed E-state index contributed by atoms with van der Waals surface area (Å²) in [5.41, 5.74) is 3.68. The number of nitrogens with zero attached hydrogens (tertiary/aromatic N) is 2. The Kier molecular flexibility index (Phi) is 5.40. The summed E-state index contributed by atoms with van der Waals surface area (Å²) in [6.45, 7) is 0. The molecule has 0 saturated carbocycles. The summed E-state index contributed by atoms with van der Waals surface area (Å²) < 4.78 is 6.25. The predicted octanol–water partition coefficient (Wildman–Crippen LogP) is 5.53. The number of fused-ring (bicyclic) bond motifs is 1. The monoisotopic (exact) mass is 463 g/mol. The number of rotatable bonds is 5. The molecule has 0 radical (unpaired) electrons. The van der Waals surface area contributed by atoms with Crippen molar-refractivity contribution < 1.29 is 14.1 Å². The molecule has 1 amide bonds. The molecule has 0 fully saturated rings. The van der Waals surface area contributed by atoms with Crippen molar-refractivity contribution >= 4 is 44.5 Å². The molecule has 7 nitrogen and oxygen atoms in total. The molecule has 0 spiro atoms. The second kappa shape index (κ2) is 8.30. The third-order valence-electron chi connectivity index (χ3n) is 4.45. The first-order valence-corrected chi connectivity index (χ1v) is 9.67. The Hall–Kier alpha value is -3.78. The number of nitro groups is 1. The van der Waals surface area contributed by atoms with Gasteiger partial charge in [0.15, 0.2) is 0 Å². The molecule has 1 N–H and O–H groups in total. The molecule has 3 aromatic carbocycles. The number of halogens is 1. The van der Waals surface area contributed by atoms with Gasteiger partial charge in [-0.15, -0.1) is 0 Å². The van der Waals surface area contributed by atoms with Crippen molar-refractivity contribution in [2.24, 2.45) is 5.10 Å². The Labute approximate surface area is 179 Å². The molecule has 1 aromatic heterocycles. The number of amides is 1. The zero-order chi connectivity index (χ0) is 21.1. The summed E-state index contributed by atoms with van der Waals surface area (Å²) in [4.78, 5) is 22.9. The minimum Gasteiger partial charge on any atom is -0.455 e. The van der Waals surface area contributed by atoms with Crippen LogP contribution in [-0.2, 0) is 0 Å². The molecule has 1 heterocycles. The van der Waals surface area contributed by atoms with E-state index in [0.717, 1.165) is 10.8 Å². The van der Waals surface area contributed by atoms with E-state index in [1.54, 1.807) is 24.3 Å². The maximum atomic E-state index is 12.5. The normalized spacial score (nSPS) is 11.1. The van der Waals surface area contributed by atoms with Crippen molar-refractivity contribution in [3.63, 3.8) is 0 Å². The minimum absolute atomic E-state index is 0.0184. The van der Waals surface area contributed by atoms with Crippen LogP contribution in [0.5, 0.6) is 0 Å². The lowest BCUT2D eigenvalue weighted by Gasteiger charge is -2.04. The van der Waals surface area contributed by atoms with Crippen LogP contribution >= 0.6 is 15.9 Å². The molecule has 0 aliphatic heterocycles. The van der Waals surface area contributed by atoms with Crippen LogP contribution in [0.4, 0.5) is 5.69 Å². The van der Waals surface area contributed by atoms with E-state index in [4.69, 9.17) is 4.42 Å². The highest BCUT2D eigenvalue weighted by atomic mass is 79.9. The van der Waals surface area contributed by atoms with Crippen LogP contribution in [0.15, 0.2) is 86.8 Å². The predicted molar refractivity (Wildman–Crippen MR) is 118 cm³/mol. The third-order valence-corrected chi connectivity index (χ3v) is 5.10. The molecule has 0 aliphatic carbocycles. The highest BCUT2D eigenvalue weighted by molar-refractivity contribution is 9.10. The molecule has 0 unspecified atom stereocenters. The van der Waals surface area contributed by atoms with Gasteiger partial charge in [-0.05, 0) is 51.0 Å². The highest BCUT2D eigenvalue weighted by Gasteiger charge is 2.13. The number of carbonyl (C=O) groups is 1. The number of nitrogens with one attached hydrogen (secondary N) is 1. The Bertz CT molecular complexity index is 1290. The average Bonchev–Trinajstić information content (AvgIpc) is 3.21. The first-order valence-electron chi connectivity index (χ1n) is 8.88. The number of hydrogen-bond donors (Lipinski definition) is 1. The van der Waals surface area contributed by atoms with Gasteiger partial charge in [-0.3, -0.25) is 14.9 Å². The van der Waals surface area contributed by atoms with E-state index in [0.29, 0.717) is 27.1 Å². The molecule has 4 aromatic rings. The largest absolute Gasteiger partial charge is 0.455 e. The SMILES string of the molecule is O=C(N/N=C\c1ccc(-c2ccc([N+](=O)[O-])cc2Br)o1)c1cccc2ccccc12. The minimum atomic E-state index is -0.465. The second-order valence-electron chi connectivity index (χ2n) is 6.35. The van der Waals surface area contributed by atoms with Gasteiger partial charge in [0.2, 0.25) is 0 Å². The number of nitro benzene ring substituents is 1. The van der Waals surface area contributed by atoms with Crippen molar-refractivity contribution in [3.8, 4) is 11.3 Å². The van der Waals surface area contributed by atoms with Gasteiger partial charge in [0.1, 0.15) is 11.5 Å². The van der Waals surface area contributed by atoms with E-state index in [-0.39, 0.29) is 11.6 Å². The number of furan rings is 1. The molecule has 8 heteroatoms. The van der Waals surface area contributed by atoms with Crippen molar-refractivity contribution in [1.29, 1.82) is 0 Å². The summed E-state index contributed by atoms with van der Waals surface area (Å²) >= 11 is 3.32. The van der Waals surface area contributed by atoms with E-state index < -0.39 is 4.92 Å².